The lowest BCUT2D eigenvalue weighted by Gasteiger charge is -2.20. The van der Waals surface area contributed by atoms with Crippen LogP contribution in [-0.2, 0) is 4.79 Å². The minimum absolute atomic E-state index is 0.275. The minimum Gasteiger partial charge on any atom is -0.497 e. The van der Waals surface area contributed by atoms with E-state index in [9.17, 15) is 4.79 Å². The topological polar surface area (TPSA) is 56.8 Å². The summed E-state index contributed by atoms with van der Waals surface area (Å²) in [5, 5.41) is 3.36. The molecule has 0 saturated carbocycles. The molecule has 0 aliphatic carbocycles. The first-order valence-corrected chi connectivity index (χ1v) is 10.8. The summed E-state index contributed by atoms with van der Waals surface area (Å²) in [7, 11) is 1.59. The van der Waals surface area contributed by atoms with Gasteiger partial charge in [-0.15, -0.1) is 0 Å². The van der Waals surface area contributed by atoms with Crippen molar-refractivity contribution in [1.82, 2.24) is 0 Å². The van der Waals surface area contributed by atoms with Gasteiger partial charge < -0.3 is 19.5 Å². The second-order valence-corrected chi connectivity index (χ2v) is 8.30. The smallest absolute Gasteiger partial charge is 0.265 e. The van der Waals surface area contributed by atoms with Crippen LogP contribution in [0.3, 0.4) is 0 Å². The second kappa shape index (κ2) is 10.4. The Hall–Kier alpha value is -3.18. The van der Waals surface area contributed by atoms with Crippen molar-refractivity contribution in [3.63, 3.8) is 0 Å². The van der Waals surface area contributed by atoms with Crippen LogP contribution in [0.1, 0.15) is 37.8 Å². The minimum atomic E-state index is -0.724. The summed E-state index contributed by atoms with van der Waals surface area (Å²) >= 11 is 6.18. The molecule has 6 heteroatoms. The molecule has 168 valence electrons. The van der Waals surface area contributed by atoms with Gasteiger partial charge in [-0.1, -0.05) is 43.6 Å². The quantitative estimate of drug-likeness (QED) is 0.399. The number of benzene rings is 3. The van der Waals surface area contributed by atoms with Crippen LogP contribution in [0, 0.1) is 6.92 Å². The summed E-state index contributed by atoms with van der Waals surface area (Å²) in [6, 6.07) is 18.3. The van der Waals surface area contributed by atoms with Crippen molar-refractivity contribution in [3.8, 4) is 23.0 Å². The fourth-order valence-corrected chi connectivity index (χ4v) is 3.35. The predicted octanol–water partition coefficient (Wildman–Crippen LogP) is 6.98. The molecule has 0 fully saturated rings. The molecule has 0 bridgehead atoms. The summed E-state index contributed by atoms with van der Waals surface area (Å²) in [6.45, 7) is 7.90. The number of ether oxygens (including phenoxy) is 3. The fraction of sp³-hybridized carbons (Fsp3) is 0.269. The Labute approximate surface area is 194 Å². The molecule has 1 atom stereocenters. The van der Waals surface area contributed by atoms with Gasteiger partial charge in [-0.25, -0.2) is 0 Å². The number of hydrogen-bond donors (Lipinski definition) is 1. The zero-order chi connectivity index (χ0) is 23.3. The first-order valence-electron chi connectivity index (χ1n) is 10.5. The number of rotatable bonds is 8. The summed E-state index contributed by atoms with van der Waals surface area (Å²) in [6.07, 6.45) is -0.724. The molecule has 3 aromatic rings. The molecule has 3 aromatic carbocycles. The van der Waals surface area contributed by atoms with E-state index in [0.29, 0.717) is 33.7 Å². The Morgan fingerprint density at radius 2 is 1.69 bits per heavy atom. The van der Waals surface area contributed by atoms with Gasteiger partial charge in [0.25, 0.3) is 5.91 Å². The van der Waals surface area contributed by atoms with Gasteiger partial charge in [0.1, 0.15) is 17.2 Å². The number of carbonyl (C=O) groups is 1. The number of hydrogen-bond acceptors (Lipinski definition) is 4. The zero-order valence-electron chi connectivity index (χ0n) is 18.9. The molecular weight excluding hydrogens is 426 g/mol. The number of amides is 1. The lowest BCUT2D eigenvalue weighted by atomic mass is 10.0. The Balaban J connectivity index is 1.78. The maximum absolute atomic E-state index is 12.9. The van der Waals surface area contributed by atoms with E-state index in [1.54, 1.807) is 44.4 Å². The molecule has 0 aliphatic heterocycles. The van der Waals surface area contributed by atoms with Crippen LogP contribution in [-0.4, -0.2) is 19.1 Å². The van der Waals surface area contributed by atoms with Crippen molar-refractivity contribution >= 4 is 23.2 Å². The van der Waals surface area contributed by atoms with Crippen molar-refractivity contribution in [2.75, 3.05) is 12.4 Å². The maximum atomic E-state index is 12.9. The molecule has 0 aromatic heterocycles. The van der Waals surface area contributed by atoms with Crippen molar-refractivity contribution in [2.45, 2.75) is 39.7 Å². The lowest BCUT2D eigenvalue weighted by molar-refractivity contribution is -0.122. The van der Waals surface area contributed by atoms with Crippen LogP contribution < -0.4 is 19.5 Å². The summed E-state index contributed by atoms with van der Waals surface area (Å²) in [5.41, 5.74) is 2.58. The van der Waals surface area contributed by atoms with E-state index in [1.165, 1.54) is 0 Å². The van der Waals surface area contributed by atoms with E-state index < -0.39 is 6.10 Å². The molecule has 5 nitrogen and oxygen atoms in total. The Morgan fingerprint density at radius 3 is 2.41 bits per heavy atom. The van der Waals surface area contributed by atoms with E-state index in [0.717, 1.165) is 11.1 Å². The molecule has 0 aliphatic rings. The first-order chi connectivity index (χ1) is 15.3. The van der Waals surface area contributed by atoms with Crippen LogP contribution in [0.25, 0.3) is 0 Å². The number of aryl methyl sites for hydroxylation is 1. The van der Waals surface area contributed by atoms with Crippen molar-refractivity contribution in [3.05, 3.63) is 76.8 Å². The average molecular weight is 454 g/mol. The third-order valence-corrected chi connectivity index (χ3v) is 5.17. The molecule has 1 amide bonds. The van der Waals surface area contributed by atoms with E-state index in [1.807, 2.05) is 37.3 Å². The SMILES string of the molecule is COc1cccc(Oc2ccc(Cl)cc2NC(=O)[C@@H](C)Oc2cc(C)ccc2C(C)C)c1. The van der Waals surface area contributed by atoms with Crippen LogP contribution in [0.2, 0.25) is 5.02 Å². The van der Waals surface area contributed by atoms with Crippen molar-refractivity contribution in [2.24, 2.45) is 0 Å². The monoisotopic (exact) mass is 453 g/mol. The highest BCUT2D eigenvalue weighted by atomic mass is 35.5. The number of anilines is 1. The van der Waals surface area contributed by atoms with Crippen molar-refractivity contribution < 1.29 is 19.0 Å². The Bertz CT molecular complexity index is 1100. The third kappa shape index (κ3) is 5.95. The molecule has 32 heavy (non-hydrogen) atoms. The van der Waals surface area contributed by atoms with Gasteiger partial charge in [-0.3, -0.25) is 4.79 Å². The number of methoxy groups -OCH3 is 1. The summed E-state index contributed by atoms with van der Waals surface area (Å²) < 4.78 is 17.3. The highest BCUT2D eigenvalue weighted by Crippen LogP contribution is 2.34. The highest BCUT2D eigenvalue weighted by molar-refractivity contribution is 6.31. The Morgan fingerprint density at radius 1 is 0.938 bits per heavy atom. The van der Waals surface area contributed by atoms with E-state index >= 15 is 0 Å². The highest BCUT2D eigenvalue weighted by Gasteiger charge is 2.20. The summed E-state index contributed by atoms with van der Waals surface area (Å²) in [4.78, 5) is 12.9. The van der Waals surface area contributed by atoms with Gasteiger partial charge >= 0.3 is 0 Å². The normalized spacial score (nSPS) is 11.7. The lowest BCUT2D eigenvalue weighted by Crippen LogP contribution is -2.30. The molecule has 0 spiro atoms. The second-order valence-electron chi connectivity index (χ2n) is 7.87. The van der Waals surface area contributed by atoms with E-state index in [2.05, 4.69) is 19.2 Å². The largest absolute Gasteiger partial charge is 0.497 e. The molecular formula is C26H28ClNO4. The zero-order valence-corrected chi connectivity index (χ0v) is 19.7. The number of halogens is 1. The van der Waals surface area contributed by atoms with Crippen LogP contribution in [0.5, 0.6) is 23.0 Å². The average Bonchev–Trinajstić information content (AvgIpc) is 2.75. The maximum Gasteiger partial charge on any atom is 0.265 e. The van der Waals surface area contributed by atoms with Crippen LogP contribution in [0.15, 0.2) is 60.7 Å². The third-order valence-electron chi connectivity index (χ3n) is 4.93. The van der Waals surface area contributed by atoms with Gasteiger partial charge in [0, 0.05) is 11.1 Å². The van der Waals surface area contributed by atoms with E-state index in [-0.39, 0.29) is 11.8 Å². The summed E-state index contributed by atoms with van der Waals surface area (Å²) in [5.74, 6) is 2.38. The van der Waals surface area contributed by atoms with Gasteiger partial charge in [-0.2, -0.15) is 0 Å². The number of carbonyl (C=O) groups excluding carboxylic acids is 1. The van der Waals surface area contributed by atoms with Crippen LogP contribution >= 0.6 is 11.6 Å². The Kier molecular flexibility index (Phi) is 7.65. The molecule has 0 saturated heterocycles. The predicted molar refractivity (Wildman–Crippen MR) is 129 cm³/mol. The molecule has 0 unspecified atom stereocenters. The van der Waals surface area contributed by atoms with Gasteiger partial charge in [0.15, 0.2) is 11.9 Å². The molecule has 0 radical (unpaired) electrons. The van der Waals surface area contributed by atoms with Gasteiger partial charge in [-0.05, 0) is 67.3 Å². The van der Waals surface area contributed by atoms with E-state index in [4.69, 9.17) is 25.8 Å². The fourth-order valence-electron chi connectivity index (χ4n) is 3.18. The number of nitrogens with one attached hydrogen (secondary N) is 1. The first kappa shape index (κ1) is 23.5. The van der Waals surface area contributed by atoms with Gasteiger partial charge in [0.05, 0.1) is 12.8 Å². The molecule has 1 N–H and O–H groups in total. The van der Waals surface area contributed by atoms with Crippen molar-refractivity contribution in [1.29, 1.82) is 0 Å². The standard InChI is InChI=1S/C26H28ClNO4/c1-16(2)22-11-9-17(3)13-25(22)31-18(4)26(29)28-23-14-19(27)10-12-24(23)32-21-8-6-7-20(15-21)30-5/h6-16,18H,1-5H3,(H,28,29)/t18-/m1/s1. The van der Waals surface area contributed by atoms with Crippen LogP contribution in [0.4, 0.5) is 5.69 Å². The molecule has 3 rings (SSSR count). The molecule has 0 heterocycles. The van der Waals surface area contributed by atoms with Gasteiger partial charge in [0.2, 0.25) is 0 Å².